The number of allylic oxidation sites excluding steroid dienone is 1. The Morgan fingerprint density at radius 2 is 1.96 bits per heavy atom. The molecular formula is C20H28N2O4S. The van der Waals surface area contributed by atoms with E-state index in [2.05, 4.69) is 11.4 Å². The Kier molecular flexibility index (Phi) is 6.55. The molecule has 0 spiro atoms. The number of benzene rings is 1. The number of rotatable bonds is 7. The molecule has 27 heavy (non-hydrogen) atoms. The van der Waals surface area contributed by atoms with E-state index in [1.807, 2.05) is 0 Å². The topological polar surface area (TPSA) is 75.7 Å². The molecule has 0 unspecified atom stereocenters. The van der Waals surface area contributed by atoms with Gasteiger partial charge in [0.05, 0.1) is 17.6 Å². The summed E-state index contributed by atoms with van der Waals surface area (Å²) in [5.74, 6) is 0.0754. The van der Waals surface area contributed by atoms with Gasteiger partial charge in [-0.05, 0) is 63.1 Å². The first-order valence-corrected chi connectivity index (χ1v) is 11.1. The molecule has 1 aromatic carbocycles. The molecule has 0 saturated carbocycles. The molecule has 0 atom stereocenters. The molecule has 2 aliphatic rings. The summed E-state index contributed by atoms with van der Waals surface area (Å²) >= 11 is 0. The van der Waals surface area contributed by atoms with Crippen molar-refractivity contribution in [3.63, 3.8) is 0 Å². The monoisotopic (exact) mass is 392 g/mol. The summed E-state index contributed by atoms with van der Waals surface area (Å²) < 4.78 is 32.3. The second kappa shape index (κ2) is 8.89. The van der Waals surface area contributed by atoms with E-state index in [-0.39, 0.29) is 16.4 Å². The fourth-order valence-electron chi connectivity index (χ4n) is 3.67. The van der Waals surface area contributed by atoms with Gasteiger partial charge in [-0.15, -0.1) is 0 Å². The van der Waals surface area contributed by atoms with Crippen LogP contribution in [0.1, 0.15) is 55.3 Å². The van der Waals surface area contributed by atoms with E-state index in [1.54, 1.807) is 6.07 Å². The van der Waals surface area contributed by atoms with Crippen LogP contribution in [-0.2, 0) is 10.0 Å². The molecule has 1 saturated heterocycles. The van der Waals surface area contributed by atoms with Gasteiger partial charge in [0.1, 0.15) is 5.75 Å². The minimum atomic E-state index is -3.57. The summed E-state index contributed by atoms with van der Waals surface area (Å²) in [5, 5.41) is 2.90. The van der Waals surface area contributed by atoms with Gasteiger partial charge in [0, 0.05) is 19.6 Å². The standard InChI is InChI=1S/C20H28N2O4S/c1-26-19-10-9-17(27(24,25)22-13-5-6-14-22)15-18(19)20(23)21-12-11-16-7-3-2-4-8-16/h7,9-10,15H,2-6,8,11-14H2,1H3,(H,21,23). The molecule has 0 aromatic heterocycles. The number of carbonyl (C=O) groups is 1. The van der Waals surface area contributed by atoms with Crippen molar-refractivity contribution in [1.29, 1.82) is 0 Å². The summed E-state index contributed by atoms with van der Waals surface area (Å²) in [6.45, 7) is 1.60. The van der Waals surface area contributed by atoms with Crippen LogP contribution < -0.4 is 10.1 Å². The number of hydrogen-bond donors (Lipinski definition) is 1. The van der Waals surface area contributed by atoms with Crippen molar-refractivity contribution >= 4 is 15.9 Å². The van der Waals surface area contributed by atoms with Crippen LogP contribution in [0.5, 0.6) is 5.75 Å². The first-order chi connectivity index (χ1) is 13.0. The Morgan fingerprint density at radius 1 is 1.19 bits per heavy atom. The van der Waals surface area contributed by atoms with Crippen LogP contribution >= 0.6 is 0 Å². The maximum Gasteiger partial charge on any atom is 0.255 e. The van der Waals surface area contributed by atoms with Gasteiger partial charge in [-0.1, -0.05) is 11.6 Å². The normalized spacial score (nSPS) is 18.2. The number of ether oxygens (including phenoxy) is 1. The van der Waals surface area contributed by atoms with Crippen LogP contribution in [0.2, 0.25) is 0 Å². The molecule has 1 aliphatic heterocycles. The highest BCUT2D eigenvalue weighted by atomic mass is 32.2. The number of hydrogen-bond acceptors (Lipinski definition) is 4. The van der Waals surface area contributed by atoms with E-state index >= 15 is 0 Å². The Bertz CT molecular complexity index is 811. The van der Waals surface area contributed by atoms with E-state index in [4.69, 9.17) is 4.74 Å². The lowest BCUT2D eigenvalue weighted by molar-refractivity contribution is 0.0950. The molecule has 1 heterocycles. The number of methoxy groups -OCH3 is 1. The van der Waals surface area contributed by atoms with Crippen LogP contribution in [-0.4, -0.2) is 45.4 Å². The molecule has 1 amide bonds. The van der Waals surface area contributed by atoms with Gasteiger partial charge >= 0.3 is 0 Å². The summed E-state index contributed by atoms with van der Waals surface area (Å²) in [4.78, 5) is 12.8. The SMILES string of the molecule is COc1ccc(S(=O)(=O)N2CCCC2)cc1C(=O)NCCC1=CCCCC1. The second-order valence-electron chi connectivity index (χ2n) is 7.09. The average Bonchev–Trinajstić information content (AvgIpc) is 3.24. The molecule has 1 aliphatic carbocycles. The number of nitrogens with one attached hydrogen (secondary N) is 1. The predicted octanol–water partition coefficient (Wildman–Crippen LogP) is 3.10. The van der Waals surface area contributed by atoms with Crippen molar-refractivity contribution in [2.24, 2.45) is 0 Å². The van der Waals surface area contributed by atoms with E-state index in [0.717, 1.165) is 32.1 Å². The zero-order chi connectivity index (χ0) is 19.3. The molecule has 6 nitrogen and oxygen atoms in total. The Labute approximate surface area is 161 Å². The lowest BCUT2D eigenvalue weighted by Gasteiger charge is -2.17. The van der Waals surface area contributed by atoms with Gasteiger partial charge in [-0.2, -0.15) is 4.31 Å². The van der Waals surface area contributed by atoms with Gasteiger partial charge in [-0.3, -0.25) is 4.79 Å². The van der Waals surface area contributed by atoms with E-state index < -0.39 is 10.0 Å². The molecule has 1 N–H and O–H groups in total. The molecule has 7 heteroatoms. The smallest absolute Gasteiger partial charge is 0.255 e. The van der Waals surface area contributed by atoms with E-state index in [0.29, 0.717) is 25.4 Å². The van der Waals surface area contributed by atoms with Gasteiger partial charge in [-0.25, -0.2) is 8.42 Å². The molecule has 1 fully saturated rings. The molecule has 0 bridgehead atoms. The Hall–Kier alpha value is -1.86. The van der Waals surface area contributed by atoms with E-state index in [1.165, 1.54) is 42.0 Å². The largest absolute Gasteiger partial charge is 0.496 e. The summed E-state index contributed by atoms with van der Waals surface area (Å²) in [6.07, 6.45) is 9.52. The third kappa shape index (κ3) is 4.71. The third-order valence-electron chi connectivity index (χ3n) is 5.24. The summed E-state index contributed by atoms with van der Waals surface area (Å²) in [7, 11) is -2.09. The molecular weight excluding hydrogens is 364 g/mol. The highest BCUT2D eigenvalue weighted by molar-refractivity contribution is 7.89. The number of carbonyl (C=O) groups excluding carboxylic acids is 1. The Balaban J connectivity index is 1.72. The van der Waals surface area contributed by atoms with Crippen molar-refractivity contribution in [3.8, 4) is 5.75 Å². The predicted molar refractivity (Wildman–Crippen MR) is 104 cm³/mol. The quantitative estimate of drug-likeness (QED) is 0.724. The van der Waals surface area contributed by atoms with Crippen LogP contribution in [0.3, 0.4) is 0 Å². The minimum absolute atomic E-state index is 0.144. The first-order valence-electron chi connectivity index (χ1n) is 9.66. The fourth-order valence-corrected chi connectivity index (χ4v) is 5.21. The second-order valence-corrected chi connectivity index (χ2v) is 9.03. The van der Waals surface area contributed by atoms with Crippen molar-refractivity contribution in [3.05, 3.63) is 35.4 Å². The maximum absolute atomic E-state index is 12.8. The van der Waals surface area contributed by atoms with Crippen molar-refractivity contribution in [2.45, 2.75) is 49.8 Å². The van der Waals surface area contributed by atoms with Crippen LogP contribution in [0.25, 0.3) is 0 Å². The van der Waals surface area contributed by atoms with Crippen LogP contribution in [0.4, 0.5) is 0 Å². The Morgan fingerprint density at radius 3 is 2.63 bits per heavy atom. The average molecular weight is 393 g/mol. The number of nitrogens with zero attached hydrogens (tertiary/aromatic N) is 1. The highest BCUT2D eigenvalue weighted by Gasteiger charge is 2.28. The first kappa shape index (κ1) is 19.9. The zero-order valence-electron chi connectivity index (χ0n) is 15.9. The van der Waals surface area contributed by atoms with Gasteiger partial charge < -0.3 is 10.1 Å². The lowest BCUT2D eigenvalue weighted by Crippen LogP contribution is -2.29. The molecule has 1 aromatic rings. The van der Waals surface area contributed by atoms with Gasteiger partial charge in [0.25, 0.3) is 5.91 Å². The molecule has 148 valence electrons. The zero-order valence-corrected chi connectivity index (χ0v) is 16.7. The van der Waals surface area contributed by atoms with Crippen LogP contribution in [0, 0.1) is 0 Å². The summed E-state index contributed by atoms with van der Waals surface area (Å²) in [6, 6.07) is 4.50. The third-order valence-corrected chi connectivity index (χ3v) is 7.13. The summed E-state index contributed by atoms with van der Waals surface area (Å²) in [5.41, 5.74) is 1.65. The van der Waals surface area contributed by atoms with Crippen molar-refractivity contribution in [1.82, 2.24) is 9.62 Å². The van der Waals surface area contributed by atoms with Gasteiger partial charge in [0.2, 0.25) is 10.0 Å². The maximum atomic E-state index is 12.8. The number of sulfonamides is 1. The number of amides is 1. The fraction of sp³-hybridized carbons (Fsp3) is 0.550. The van der Waals surface area contributed by atoms with Crippen molar-refractivity contribution < 1.29 is 17.9 Å². The van der Waals surface area contributed by atoms with E-state index in [9.17, 15) is 13.2 Å². The minimum Gasteiger partial charge on any atom is -0.496 e. The highest BCUT2D eigenvalue weighted by Crippen LogP contribution is 2.26. The van der Waals surface area contributed by atoms with Crippen LogP contribution in [0.15, 0.2) is 34.7 Å². The molecule has 3 rings (SSSR count). The lowest BCUT2D eigenvalue weighted by atomic mass is 9.97. The molecule has 0 radical (unpaired) electrons. The van der Waals surface area contributed by atoms with Crippen molar-refractivity contribution in [2.75, 3.05) is 26.7 Å². The van der Waals surface area contributed by atoms with Gasteiger partial charge in [0.15, 0.2) is 0 Å².